The monoisotopic (exact) mass is 348 g/mol. The highest BCUT2D eigenvalue weighted by Gasteiger charge is 2.34. The molecule has 0 aromatic carbocycles. The van der Waals surface area contributed by atoms with E-state index in [1.807, 2.05) is 23.6 Å². The largest absolute Gasteiger partial charge is 0.369 e. The molecule has 1 amide bonds. The molecule has 25 heavy (non-hydrogen) atoms. The summed E-state index contributed by atoms with van der Waals surface area (Å²) in [7, 11) is 4.08. The van der Waals surface area contributed by atoms with Gasteiger partial charge in [-0.25, -0.2) is 0 Å². The lowest BCUT2D eigenvalue weighted by molar-refractivity contribution is -0.00907. The molecule has 6 heteroatoms. The average molecular weight is 348 g/mol. The number of rotatable bonds is 4. The van der Waals surface area contributed by atoms with Crippen LogP contribution in [0.4, 0.5) is 0 Å². The van der Waals surface area contributed by atoms with Crippen LogP contribution in [0.5, 0.6) is 0 Å². The second-order valence-electron chi connectivity index (χ2n) is 7.72. The predicted octanol–water partition coefficient (Wildman–Crippen LogP) is 2.25. The molecule has 1 aromatic heterocycles. The van der Waals surface area contributed by atoms with Crippen molar-refractivity contribution in [3.63, 3.8) is 0 Å². The molecule has 2 aliphatic heterocycles. The molecule has 0 unspecified atom stereocenters. The second-order valence-corrected chi connectivity index (χ2v) is 7.72. The van der Waals surface area contributed by atoms with E-state index in [4.69, 9.17) is 4.74 Å². The van der Waals surface area contributed by atoms with Crippen LogP contribution in [0.25, 0.3) is 0 Å². The second kappa shape index (κ2) is 7.46. The van der Waals surface area contributed by atoms with E-state index < -0.39 is 0 Å². The number of aryl methyl sites for hydroxylation is 1. The average Bonchev–Trinajstić information content (AvgIpc) is 2.91. The molecule has 3 heterocycles. The Bertz CT molecular complexity index is 619. The van der Waals surface area contributed by atoms with Gasteiger partial charge in [0.2, 0.25) is 0 Å². The van der Waals surface area contributed by atoms with Gasteiger partial charge in [0.05, 0.1) is 17.9 Å². The van der Waals surface area contributed by atoms with Crippen molar-refractivity contribution in [3.8, 4) is 0 Å². The van der Waals surface area contributed by atoms with Gasteiger partial charge in [-0.15, -0.1) is 0 Å². The number of fused-ring (bicyclic) bond motifs is 1. The van der Waals surface area contributed by atoms with Crippen molar-refractivity contribution in [2.24, 2.45) is 13.0 Å². The molecule has 0 bridgehead atoms. The molecule has 1 fully saturated rings. The first-order chi connectivity index (χ1) is 11.9. The lowest BCUT2D eigenvalue weighted by Gasteiger charge is -2.33. The van der Waals surface area contributed by atoms with Crippen molar-refractivity contribution >= 4 is 5.91 Å². The minimum Gasteiger partial charge on any atom is -0.369 e. The number of likely N-dealkylation sites (tertiary alicyclic amines) is 1. The summed E-state index contributed by atoms with van der Waals surface area (Å²) >= 11 is 0. The van der Waals surface area contributed by atoms with Crippen LogP contribution < -0.4 is 0 Å². The number of carbonyl (C=O) groups excluding carboxylic acids is 1. The Morgan fingerprint density at radius 3 is 2.64 bits per heavy atom. The van der Waals surface area contributed by atoms with Crippen molar-refractivity contribution in [1.82, 2.24) is 19.6 Å². The molecular weight excluding hydrogens is 316 g/mol. The summed E-state index contributed by atoms with van der Waals surface area (Å²) in [6, 6.07) is 0. The van der Waals surface area contributed by atoms with Gasteiger partial charge >= 0.3 is 0 Å². The van der Waals surface area contributed by atoms with E-state index in [-0.39, 0.29) is 18.1 Å². The third-order valence-electron chi connectivity index (χ3n) is 5.72. The Kier molecular flexibility index (Phi) is 5.49. The van der Waals surface area contributed by atoms with E-state index in [0.717, 1.165) is 56.7 Å². The fraction of sp³-hybridized carbons (Fsp3) is 0.789. The Labute approximate surface area is 151 Å². The smallest absolute Gasteiger partial charge is 0.274 e. The van der Waals surface area contributed by atoms with Crippen molar-refractivity contribution in [1.29, 1.82) is 0 Å². The summed E-state index contributed by atoms with van der Waals surface area (Å²) in [5, 5.41) is 4.57. The summed E-state index contributed by atoms with van der Waals surface area (Å²) < 4.78 is 7.74. The van der Waals surface area contributed by atoms with Crippen LogP contribution in [0.2, 0.25) is 0 Å². The number of hydrogen-bond donors (Lipinski definition) is 0. The number of nitrogens with zero attached hydrogens (tertiary/aromatic N) is 4. The van der Waals surface area contributed by atoms with Crippen molar-refractivity contribution in [2.45, 2.75) is 52.2 Å². The molecule has 140 valence electrons. The highest BCUT2D eigenvalue weighted by molar-refractivity contribution is 5.94. The summed E-state index contributed by atoms with van der Waals surface area (Å²) in [5.41, 5.74) is 2.79. The van der Waals surface area contributed by atoms with Crippen LogP contribution in [-0.2, 0) is 18.2 Å². The molecule has 0 radical (unpaired) electrons. The van der Waals surface area contributed by atoms with E-state index in [1.54, 1.807) is 0 Å². The molecule has 2 atom stereocenters. The van der Waals surface area contributed by atoms with Gasteiger partial charge in [-0.1, -0.05) is 6.92 Å². The maximum atomic E-state index is 13.1. The Balaban J connectivity index is 1.70. The topological polar surface area (TPSA) is 50.6 Å². The van der Waals surface area contributed by atoms with Gasteiger partial charge in [0.25, 0.3) is 5.91 Å². The minimum atomic E-state index is -0.00637. The number of piperidine rings is 1. The van der Waals surface area contributed by atoms with Gasteiger partial charge in [0, 0.05) is 38.7 Å². The number of aromatic nitrogens is 2. The summed E-state index contributed by atoms with van der Waals surface area (Å²) in [5.74, 6) is 0.792. The summed E-state index contributed by atoms with van der Waals surface area (Å²) in [4.78, 5) is 17.4. The van der Waals surface area contributed by atoms with Crippen LogP contribution >= 0.6 is 0 Å². The molecule has 0 aliphatic carbocycles. The fourth-order valence-corrected chi connectivity index (χ4v) is 4.25. The van der Waals surface area contributed by atoms with Gasteiger partial charge in [0.15, 0.2) is 5.69 Å². The Morgan fingerprint density at radius 1 is 1.32 bits per heavy atom. The fourth-order valence-electron chi connectivity index (χ4n) is 4.25. The third-order valence-corrected chi connectivity index (χ3v) is 5.72. The van der Waals surface area contributed by atoms with Gasteiger partial charge in [-0.3, -0.25) is 9.48 Å². The Hall–Kier alpha value is -1.40. The Morgan fingerprint density at radius 2 is 2.00 bits per heavy atom. The van der Waals surface area contributed by atoms with Crippen molar-refractivity contribution in [2.75, 3.05) is 33.2 Å². The van der Waals surface area contributed by atoms with Crippen LogP contribution in [0.1, 0.15) is 61.5 Å². The van der Waals surface area contributed by atoms with Gasteiger partial charge < -0.3 is 14.5 Å². The number of carbonyl (C=O) groups is 1. The maximum absolute atomic E-state index is 13.1. The van der Waals surface area contributed by atoms with Crippen LogP contribution in [0.15, 0.2) is 0 Å². The normalized spacial score (nSPS) is 24.6. The van der Waals surface area contributed by atoms with E-state index in [0.29, 0.717) is 11.6 Å². The zero-order valence-corrected chi connectivity index (χ0v) is 16.3. The standard InChI is InChI=1S/C19H32N4O2/c1-6-21(4)12-15-7-9-23(10-8-15)19(24)17-16-11-13(2)25-14(3)18(16)22(5)20-17/h13-15H,6-12H2,1-5H3/t13-,14+/m0/s1. The van der Waals surface area contributed by atoms with E-state index in [1.165, 1.54) is 0 Å². The zero-order valence-electron chi connectivity index (χ0n) is 16.3. The molecule has 0 spiro atoms. The lowest BCUT2D eigenvalue weighted by Crippen LogP contribution is -2.41. The molecule has 6 nitrogen and oxygen atoms in total. The first-order valence-electron chi connectivity index (χ1n) is 9.59. The van der Waals surface area contributed by atoms with Crippen molar-refractivity contribution < 1.29 is 9.53 Å². The van der Waals surface area contributed by atoms with E-state index in [2.05, 4.69) is 30.9 Å². The highest BCUT2D eigenvalue weighted by Crippen LogP contribution is 2.32. The molecule has 0 N–H and O–H groups in total. The van der Waals surface area contributed by atoms with Gasteiger partial charge in [-0.2, -0.15) is 5.10 Å². The minimum absolute atomic E-state index is 0.00637. The predicted molar refractivity (Wildman–Crippen MR) is 97.7 cm³/mol. The third kappa shape index (κ3) is 3.75. The number of hydrogen-bond acceptors (Lipinski definition) is 4. The molecule has 1 aromatic rings. The molecule has 3 rings (SSSR count). The van der Waals surface area contributed by atoms with E-state index >= 15 is 0 Å². The van der Waals surface area contributed by atoms with Gasteiger partial charge in [-0.05, 0) is 46.2 Å². The quantitative estimate of drug-likeness (QED) is 0.837. The lowest BCUT2D eigenvalue weighted by atomic mass is 9.95. The molecule has 2 aliphatic rings. The van der Waals surface area contributed by atoms with Crippen molar-refractivity contribution in [3.05, 3.63) is 17.0 Å². The number of ether oxygens (including phenoxy) is 1. The molecule has 0 saturated carbocycles. The van der Waals surface area contributed by atoms with E-state index in [9.17, 15) is 4.79 Å². The first kappa shape index (κ1) is 18.4. The SMILES string of the molecule is CCN(C)CC1CCN(C(=O)c2nn(C)c3c2C[C@H](C)O[C@@H]3C)CC1. The van der Waals surface area contributed by atoms with Crippen LogP contribution in [0.3, 0.4) is 0 Å². The molecular formula is C19H32N4O2. The highest BCUT2D eigenvalue weighted by atomic mass is 16.5. The van der Waals surface area contributed by atoms with Crippen LogP contribution in [-0.4, -0.2) is 64.8 Å². The van der Waals surface area contributed by atoms with Crippen LogP contribution in [0, 0.1) is 5.92 Å². The van der Waals surface area contributed by atoms with Gasteiger partial charge in [0.1, 0.15) is 0 Å². The number of amides is 1. The maximum Gasteiger partial charge on any atom is 0.274 e. The zero-order chi connectivity index (χ0) is 18.1. The molecule has 1 saturated heterocycles. The summed E-state index contributed by atoms with van der Waals surface area (Å²) in [6.07, 6.45) is 3.07. The first-order valence-corrected chi connectivity index (χ1v) is 9.59. The summed E-state index contributed by atoms with van der Waals surface area (Å²) in [6.45, 7) is 10.2.